The van der Waals surface area contributed by atoms with Crippen molar-refractivity contribution in [3.8, 4) is 0 Å². The van der Waals surface area contributed by atoms with Gasteiger partial charge in [0, 0.05) is 16.5 Å². The molecule has 0 spiro atoms. The molecule has 2 aliphatic heterocycles. The lowest BCUT2D eigenvalue weighted by Crippen LogP contribution is -2.46. The maximum Gasteiger partial charge on any atom is 0.156 e. The molecule has 4 heteroatoms. The van der Waals surface area contributed by atoms with Crippen LogP contribution >= 0.6 is 23.5 Å². The molecule has 0 aromatic carbocycles. The lowest BCUT2D eigenvalue weighted by Gasteiger charge is -2.32. The summed E-state index contributed by atoms with van der Waals surface area (Å²) in [6.45, 7) is 5.53. The highest BCUT2D eigenvalue weighted by Gasteiger charge is 2.24. The van der Waals surface area contributed by atoms with Gasteiger partial charge in [0.1, 0.15) is 0 Å². The molecular weight excluding hydrogens is 236 g/mol. The number of aliphatic imine (C=N–C) groups is 1. The molecule has 2 nitrogen and oxygen atoms in total. The first-order chi connectivity index (χ1) is 7.66. The summed E-state index contributed by atoms with van der Waals surface area (Å²) in [5.41, 5.74) is 0.240. The van der Waals surface area contributed by atoms with Crippen molar-refractivity contribution in [2.75, 3.05) is 18.1 Å². The van der Waals surface area contributed by atoms with Crippen LogP contribution in [-0.4, -0.2) is 34.0 Å². The van der Waals surface area contributed by atoms with E-state index in [2.05, 4.69) is 30.9 Å². The molecule has 2 fully saturated rings. The number of hydrogen-bond donors (Lipinski definition) is 1. The average molecular weight is 258 g/mol. The summed E-state index contributed by atoms with van der Waals surface area (Å²) in [5, 5.41) is 5.48. The van der Waals surface area contributed by atoms with Gasteiger partial charge in [-0.2, -0.15) is 11.8 Å². The first-order valence-corrected chi connectivity index (χ1v) is 8.26. The van der Waals surface area contributed by atoms with Gasteiger partial charge < -0.3 is 5.32 Å². The molecule has 2 saturated heterocycles. The van der Waals surface area contributed by atoms with Crippen LogP contribution < -0.4 is 5.32 Å². The van der Waals surface area contributed by atoms with Gasteiger partial charge in [-0.15, -0.1) is 0 Å². The van der Waals surface area contributed by atoms with E-state index in [0.717, 1.165) is 11.8 Å². The zero-order chi connectivity index (χ0) is 11.4. The highest BCUT2D eigenvalue weighted by atomic mass is 32.2. The van der Waals surface area contributed by atoms with E-state index in [9.17, 15) is 0 Å². The van der Waals surface area contributed by atoms with Gasteiger partial charge in [-0.1, -0.05) is 18.2 Å². The van der Waals surface area contributed by atoms with Crippen LogP contribution in [0.25, 0.3) is 0 Å². The molecule has 0 aromatic rings. The van der Waals surface area contributed by atoms with Crippen molar-refractivity contribution in [3.63, 3.8) is 0 Å². The summed E-state index contributed by atoms with van der Waals surface area (Å²) in [6.07, 6.45) is 5.39. The fourth-order valence-electron chi connectivity index (χ4n) is 2.01. The summed E-state index contributed by atoms with van der Waals surface area (Å²) in [6, 6.07) is 0. The number of thioether (sulfide) groups is 2. The van der Waals surface area contributed by atoms with Crippen molar-refractivity contribution in [2.24, 2.45) is 4.99 Å². The molecule has 92 valence electrons. The van der Waals surface area contributed by atoms with Crippen LogP contribution in [-0.2, 0) is 0 Å². The van der Waals surface area contributed by atoms with Gasteiger partial charge in [0.25, 0.3) is 0 Å². The van der Waals surface area contributed by atoms with E-state index < -0.39 is 0 Å². The second-order valence-electron chi connectivity index (χ2n) is 5.24. The van der Waals surface area contributed by atoms with Gasteiger partial charge in [-0.25, -0.2) is 0 Å². The molecule has 1 unspecified atom stereocenters. The van der Waals surface area contributed by atoms with Crippen LogP contribution in [0.5, 0.6) is 0 Å². The van der Waals surface area contributed by atoms with Crippen LogP contribution in [0.2, 0.25) is 0 Å². The highest BCUT2D eigenvalue weighted by Crippen LogP contribution is 2.26. The third-order valence-corrected chi connectivity index (χ3v) is 5.42. The summed E-state index contributed by atoms with van der Waals surface area (Å²) in [4.78, 5) is 4.75. The van der Waals surface area contributed by atoms with E-state index in [1.807, 2.05) is 11.8 Å². The van der Waals surface area contributed by atoms with E-state index in [-0.39, 0.29) is 5.54 Å². The molecule has 0 saturated carbocycles. The van der Waals surface area contributed by atoms with Gasteiger partial charge in [0.2, 0.25) is 0 Å². The van der Waals surface area contributed by atoms with E-state index in [0.29, 0.717) is 0 Å². The number of amidine groups is 1. The molecule has 1 atom stereocenters. The fourth-order valence-corrected chi connectivity index (χ4v) is 4.55. The zero-order valence-electron chi connectivity index (χ0n) is 10.3. The Hall–Kier alpha value is 0.170. The van der Waals surface area contributed by atoms with E-state index >= 15 is 0 Å². The standard InChI is InChI=1S/C12H22N2S2/c1-12(2)6-8-16-11(14-12)13-9-10-5-3-4-7-15-10/h10H,3-9H2,1-2H3,(H,13,14). The largest absolute Gasteiger partial charge is 0.360 e. The SMILES string of the molecule is CC1(C)CCSC(=NCC2CCCCS2)N1. The maximum absolute atomic E-state index is 4.75. The van der Waals surface area contributed by atoms with E-state index in [1.54, 1.807) is 0 Å². The molecule has 2 heterocycles. The third kappa shape index (κ3) is 3.88. The monoisotopic (exact) mass is 258 g/mol. The lowest BCUT2D eigenvalue weighted by molar-refractivity contribution is 0.446. The molecule has 0 aromatic heterocycles. The Kier molecular flexibility index (Phi) is 4.48. The van der Waals surface area contributed by atoms with Crippen molar-refractivity contribution in [3.05, 3.63) is 0 Å². The minimum absolute atomic E-state index is 0.240. The van der Waals surface area contributed by atoms with Crippen molar-refractivity contribution in [2.45, 2.75) is 50.3 Å². The van der Waals surface area contributed by atoms with Crippen LogP contribution in [0.15, 0.2) is 4.99 Å². The molecule has 0 radical (unpaired) electrons. The molecule has 16 heavy (non-hydrogen) atoms. The molecule has 1 N–H and O–H groups in total. The van der Waals surface area contributed by atoms with Gasteiger partial charge in [-0.3, -0.25) is 4.99 Å². The van der Waals surface area contributed by atoms with Crippen molar-refractivity contribution < 1.29 is 0 Å². The Balaban J connectivity index is 1.81. The molecule has 0 bridgehead atoms. The zero-order valence-corrected chi connectivity index (χ0v) is 11.9. The summed E-state index contributed by atoms with van der Waals surface area (Å²) < 4.78 is 0. The van der Waals surface area contributed by atoms with Crippen molar-refractivity contribution in [1.29, 1.82) is 0 Å². The molecular formula is C12H22N2S2. The van der Waals surface area contributed by atoms with Crippen LogP contribution in [0.4, 0.5) is 0 Å². The minimum Gasteiger partial charge on any atom is -0.360 e. The van der Waals surface area contributed by atoms with Gasteiger partial charge in [0.15, 0.2) is 5.17 Å². The van der Waals surface area contributed by atoms with Crippen LogP contribution in [0.3, 0.4) is 0 Å². The van der Waals surface area contributed by atoms with Gasteiger partial charge in [0.05, 0.1) is 6.54 Å². The summed E-state index contributed by atoms with van der Waals surface area (Å²) in [5.74, 6) is 2.54. The smallest absolute Gasteiger partial charge is 0.156 e. The third-order valence-electron chi connectivity index (χ3n) is 3.12. The Morgan fingerprint density at radius 1 is 1.38 bits per heavy atom. The van der Waals surface area contributed by atoms with Gasteiger partial charge >= 0.3 is 0 Å². The summed E-state index contributed by atoms with van der Waals surface area (Å²) >= 11 is 3.99. The maximum atomic E-state index is 4.75. The first kappa shape index (κ1) is 12.6. The normalized spacial score (nSPS) is 32.4. The predicted octanol–water partition coefficient (Wildman–Crippen LogP) is 3.13. The van der Waals surface area contributed by atoms with Crippen molar-refractivity contribution >= 4 is 28.7 Å². The minimum atomic E-state index is 0.240. The number of nitrogens with zero attached hydrogens (tertiary/aromatic N) is 1. The lowest BCUT2D eigenvalue weighted by atomic mass is 10.0. The Morgan fingerprint density at radius 2 is 2.25 bits per heavy atom. The topological polar surface area (TPSA) is 24.4 Å². The van der Waals surface area contributed by atoms with Crippen LogP contribution in [0, 0.1) is 0 Å². The Labute approximate surface area is 107 Å². The van der Waals surface area contributed by atoms with E-state index in [4.69, 9.17) is 4.99 Å². The number of rotatable bonds is 2. The Bertz CT molecular complexity index is 258. The fraction of sp³-hybridized carbons (Fsp3) is 0.917. The quantitative estimate of drug-likeness (QED) is 0.823. The van der Waals surface area contributed by atoms with E-state index in [1.165, 1.54) is 42.4 Å². The highest BCUT2D eigenvalue weighted by molar-refractivity contribution is 8.13. The molecule has 2 rings (SSSR count). The number of hydrogen-bond acceptors (Lipinski definition) is 3. The first-order valence-electron chi connectivity index (χ1n) is 6.23. The molecule has 0 aliphatic carbocycles. The molecule has 2 aliphatic rings. The average Bonchev–Trinajstić information content (AvgIpc) is 2.27. The molecule has 0 amide bonds. The number of nitrogens with one attached hydrogen (secondary N) is 1. The van der Waals surface area contributed by atoms with Crippen molar-refractivity contribution in [1.82, 2.24) is 5.32 Å². The second-order valence-corrected chi connectivity index (χ2v) is 7.73. The summed E-state index contributed by atoms with van der Waals surface area (Å²) in [7, 11) is 0. The van der Waals surface area contributed by atoms with Gasteiger partial charge in [-0.05, 0) is 38.9 Å². The van der Waals surface area contributed by atoms with Crippen LogP contribution in [0.1, 0.15) is 39.5 Å². The predicted molar refractivity (Wildman–Crippen MR) is 76.7 cm³/mol. The Morgan fingerprint density at radius 3 is 2.94 bits per heavy atom. The second kappa shape index (κ2) is 5.67.